The van der Waals surface area contributed by atoms with Crippen molar-refractivity contribution in [2.45, 2.75) is 32.6 Å². The summed E-state index contributed by atoms with van der Waals surface area (Å²) < 4.78 is 24.5. The Morgan fingerprint density at radius 1 is 1.23 bits per heavy atom. The van der Waals surface area contributed by atoms with Crippen LogP contribution < -0.4 is 9.64 Å². The Morgan fingerprint density at radius 2 is 1.85 bits per heavy atom. The Bertz CT molecular complexity index is 729. The molecule has 1 aromatic rings. The lowest BCUT2D eigenvalue weighted by Gasteiger charge is -2.19. The van der Waals surface area contributed by atoms with Gasteiger partial charge >= 0.3 is 5.97 Å². The molecule has 1 aromatic carbocycles. The van der Waals surface area contributed by atoms with Crippen molar-refractivity contribution in [2.24, 2.45) is 11.8 Å². The van der Waals surface area contributed by atoms with Gasteiger partial charge in [-0.2, -0.15) is 0 Å². The lowest BCUT2D eigenvalue weighted by molar-refractivity contribution is -0.145. The third kappa shape index (κ3) is 3.40. The fraction of sp³-hybridized carbons (Fsp3) is 0.500. The quantitative estimate of drug-likeness (QED) is 0.577. The zero-order valence-corrected chi connectivity index (χ0v) is 15.1. The Hall–Kier alpha value is -2.15. The van der Waals surface area contributed by atoms with Crippen LogP contribution in [-0.2, 0) is 19.1 Å². The van der Waals surface area contributed by atoms with Crippen LogP contribution in [0.3, 0.4) is 0 Å². The highest BCUT2D eigenvalue weighted by molar-refractivity contribution is 6.32. The molecular weight excluding hydrogens is 365 g/mol. The van der Waals surface area contributed by atoms with Crippen LogP contribution in [0.4, 0.5) is 10.1 Å². The van der Waals surface area contributed by atoms with Gasteiger partial charge in [0.25, 0.3) is 0 Å². The van der Waals surface area contributed by atoms with Gasteiger partial charge in [0.1, 0.15) is 11.6 Å². The highest BCUT2D eigenvalue weighted by atomic mass is 35.5. The molecule has 0 bridgehead atoms. The fourth-order valence-corrected chi connectivity index (χ4v) is 3.74. The standard InChI is InChI=1S/C18H19ClFNO5/c1-2-25-16(22)9-26-15-8-14(13(20)7-12(15)19)21-17(23)10-5-3-4-6-11(10)18(21)24/h7-8,10-11H,2-6,9H2,1H3. The SMILES string of the molecule is CCOC(=O)COc1cc(N2C(=O)C3CCCCC3C2=O)c(F)cc1Cl. The van der Waals surface area contributed by atoms with Gasteiger partial charge in [0.15, 0.2) is 6.61 Å². The lowest BCUT2D eigenvalue weighted by Crippen LogP contribution is -2.31. The summed E-state index contributed by atoms with van der Waals surface area (Å²) in [6.45, 7) is 1.45. The number of hydrogen-bond donors (Lipinski definition) is 0. The van der Waals surface area contributed by atoms with Crippen molar-refractivity contribution in [3.8, 4) is 5.75 Å². The molecule has 26 heavy (non-hydrogen) atoms. The van der Waals surface area contributed by atoms with E-state index in [1.807, 2.05) is 0 Å². The van der Waals surface area contributed by atoms with E-state index in [9.17, 15) is 18.8 Å². The number of fused-ring (bicyclic) bond motifs is 1. The van der Waals surface area contributed by atoms with Crippen molar-refractivity contribution >= 4 is 35.1 Å². The second kappa shape index (κ2) is 7.61. The molecule has 0 aromatic heterocycles. The normalized spacial score (nSPS) is 22.3. The molecule has 2 unspecified atom stereocenters. The largest absolute Gasteiger partial charge is 0.480 e. The molecule has 3 rings (SSSR count). The maximum atomic E-state index is 14.4. The molecular formula is C18H19ClFNO5. The van der Waals surface area contributed by atoms with Gasteiger partial charge in [-0.15, -0.1) is 0 Å². The lowest BCUT2D eigenvalue weighted by atomic mass is 9.81. The predicted octanol–water partition coefficient (Wildman–Crippen LogP) is 3.10. The molecule has 1 saturated heterocycles. The first-order valence-corrected chi connectivity index (χ1v) is 8.97. The number of imide groups is 1. The van der Waals surface area contributed by atoms with Crippen LogP contribution >= 0.6 is 11.6 Å². The number of carbonyl (C=O) groups is 3. The average Bonchev–Trinajstić information content (AvgIpc) is 2.86. The Balaban J connectivity index is 1.87. The summed E-state index contributed by atoms with van der Waals surface area (Å²) in [5.74, 6) is -2.96. The molecule has 1 heterocycles. The molecule has 6 nitrogen and oxygen atoms in total. The molecule has 2 aliphatic rings. The van der Waals surface area contributed by atoms with Gasteiger partial charge in [0.05, 0.1) is 29.2 Å². The minimum Gasteiger partial charge on any atom is -0.480 e. The average molecular weight is 384 g/mol. The highest BCUT2D eigenvalue weighted by Crippen LogP contribution is 2.42. The van der Waals surface area contributed by atoms with Crippen LogP contribution in [0.2, 0.25) is 5.02 Å². The molecule has 1 saturated carbocycles. The van der Waals surface area contributed by atoms with E-state index in [2.05, 4.69) is 0 Å². The maximum absolute atomic E-state index is 14.4. The van der Waals surface area contributed by atoms with Crippen LogP contribution in [0.15, 0.2) is 12.1 Å². The third-order valence-electron chi connectivity index (χ3n) is 4.73. The molecule has 0 N–H and O–H groups in total. The smallest absolute Gasteiger partial charge is 0.344 e. The molecule has 2 amide bonds. The van der Waals surface area contributed by atoms with Gasteiger partial charge in [-0.3, -0.25) is 9.59 Å². The van der Waals surface area contributed by atoms with Crippen molar-refractivity contribution in [3.63, 3.8) is 0 Å². The van der Waals surface area contributed by atoms with Crippen molar-refractivity contribution in [1.82, 2.24) is 0 Å². The van der Waals surface area contributed by atoms with E-state index in [1.165, 1.54) is 6.07 Å². The van der Waals surface area contributed by atoms with E-state index < -0.39 is 42.0 Å². The number of hydrogen-bond acceptors (Lipinski definition) is 5. The highest BCUT2D eigenvalue weighted by Gasteiger charge is 2.49. The first-order chi connectivity index (χ1) is 12.4. The van der Waals surface area contributed by atoms with Crippen molar-refractivity contribution in [1.29, 1.82) is 0 Å². The minimum absolute atomic E-state index is 0.00610. The summed E-state index contributed by atoms with van der Waals surface area (Å²) in [7, 11) is 0. The van der Waals surface area contributed by atoms with Gasteiger partial charge in [-0.1, -0.05) is 24.4 Å². The number of benzene rings is 1. The first kappa shape index (κ1) is 18.6. The number of anilines is 1. The number of rotatable bonds is 5. The van der Waals surface area contributed by atoms with Crippen LogP contribution in [-0.4, -0.2) is 31.0 Å². The topological polar surface area (TPSA) is 72.9 Å². The van der Waals surface area contributed by atoms with E-state index in [0.29, 0.717) is 12.8 Å². The molecule has 2 fully saturated rings. The molecule has 8 heteroatoms. The van der Waals surface area contributed by atoms with Crippen molar-refractivity contribution in [2.75, 3.05) is 18.1 Å². The van der Waals surface area contributed by atoms with Crippen LogP contribution in [0.1, 0.15) is 32.6 Å². The monoisotopic (exact) mass is 383 g/mol. The number of carbonyl (C=O) groups excluding carboxylic acids is 3. The van der Waals surface area contributed by atoms with Crippen molar-refractivity contribution in [3.05, 3.63) is 23.0 Å². The van der Waals surface area contributed by atoms with Gasteiger partial charge in [0.2, 0.25) is 11.8 Å². The van der Waals surface area contributed by atoms with Gasteiger partial charge < -0.3 is 9.47 Å². The summed E-state index contributed by atoms with van der Waals surface area (Å²) >= 11 is 5.96. The predicted molar refractivity (Wildman–Crippen MR) is 91.5 cm³/mol. The van der Waals surface area contributed by atoms with Crippen LogP contribution in [0.25, 0.3) is 0 Å². The molecule has 0 radical (unpaired) electrons. The van der Waals surface area contributed by atoms with Gasteiger partial charge in [-0.25, -0.2) is 14.1 Å². The molecule has 1 aliphatic carbocycles. The summed E-state index contributed by atoms with van der Waals surface area (Å²) in [5, 5.41) is -0.0629. The van der Waals surface area contributed by atoms with E-state index in [1.54, 1.807) is 6.92 Å². The summed E-state index contributed by atoms with van der Waals surface area (Å²) in [5.41, 5.74) is -0.197. The van der Waals surface area contributed by atoms with E-state index in [-0.39, 0.29) is 23.1 Å². The van der Waals surface area contributed by atoms with E-state index in [4.69, 9.17) is 21.1 Å². The third-order valence-corrected chi connectivity index (χ3v) is 5.03. The van der Waals surface area contributed by atoms with Crippen molar-refractivity contribution < 1.29 is 28.2 Å². The van der Waals surface area contributed by atoms with Crippen LogP contribution in [0, 0.1) is 17.7 Å². The summed E-state index contributed by atoms with van der Waals surface area (Å²) in [4.78, 5) is 37.6. The molecule has 0 spiro atoms. The Morgan fingerprint density at radius 3 is 2.42 bits per heavy atom. The van der Waals surface area contributed by atoms with Crippen LogP contribution in [0.5, 0.6) is 5.75 Å². The number of amides is 2. The summed E-state index contributed by atoms with van der Waals surface area (Å²) in [6.07, 6.45) is 3.02. The zero-order valence-electron chi connectivity index (χ0n) is 14.3. The zero-order chi connectivity index (χ0) is 18.8. The van der Waals surface area contributed by atoms with E-state index >= 15 is 0 Å². The fourth-order valence-electron chi connectivity index (χ4n) is 3.54. The summed E-state index contributed by atoms with van der Waals surface area (Å²) in [6, 6.07) is 2.16. The number of nitrogens with zero attached hydrogens (tertiary/aromatic N) is 1. The first-order valence-electron chi connectivity index (χ1n) is 8.59. The Kier molecular flexibility index (Phi) is 5.46. The second-order valence-corrected chi connectivity index (χ2v) is 6.74. The molecule has 2 atom stereocenters. The number of ether oxygens (including phenoxy) is 2. The molecule has 1 aliphatic heterocycles. The van der Waals surface area contributed by atoms with Gasteiger partial charge in [0, 0.05) is 6.07 Å². The molecule has 140 valence electrons. The van der Waals surface area contributed by atoms with E-state index in [0.717, 1.165) is 23.8 Å². The number of halogens is 2. The maximum Gasteiger partial charge on any atom is 0.344 e. The van der Waals surface area contributed by atoms with Gasteiger partial charge in [-0.05, 0) is 25.8 Å². The minimum atomic E-state index is -0.793. The second-order valence-electron chi connectivity index (χ2n) is 6.34. The number of esters is 1. The Labute approximate surface area is 155 Å².